The van der Waals surface area contributed by atoms with Crippen molar-refractivity contribution in [2.45, 2.75) is 58.4 Å². The van der Waals surface area contributed by atoms with Gasteiger partial charge in [-0.1, -0.05) is 26.2 Å². The number of piperazine rings is 1. The summed E-state index contributed by atoms with van der Waals surface area (Å²) in [7, 11) is 0. The number of fused-ring (bicyclic) bond motifs is 1. The van der Waals surface area contributed by atoms with Gasteiger partial charge in [0.1, 0.15) is 10.2 Å². The molecule has 0 bridgehead atoms. The minimum absolute atomic E-state index is 0.0248. The average Bonchev–Trinajstić information content (AvgIpc) is 3.06. The van der Waals surface area contributed by atoms with Gasteiger partial charge in [-0.25, -0.2) is 4.98 Å². The third-order valence-electron chi connectivity index (χ3n) is 6.18. The van der Waals surface area contributed by atoms with Crippen LogP contribution in [0.3, 0.4) is 0 Å². The van der Waals surface area contributed by atoms with Crippen molar-refractivity contribution in [1.29, 1.82) is 0 Å². The molecule has 4 rings (SSSR count). The Balaban J connectivity index is 1.61. The molecule has 0 atom stereocenters. The molecule has 2 fully saturated rings. The van der Waals surface area contributed by atoms with Crippen LogP contribution in [0.15, 0.2) is 11.1 Å². The van der Waals surface area contributed by atoms with Gasteiger partial charge in [0, 0.05) is 37.1 Å². The summed E-state index contributed by atoms with van der Waals surface area (Å²) in [5.74, 6) is 0.0298. The number of nitrogens with zero attached hydrogens (tertiary/aromatic N) is 4. The molecule has 2 aromatic heterocycles. The topological polar surface area (TPSA) is 58.4 Å². The molecule has 1 aliphatic carbocycles. The number of hydrogen-bond donors (Lipinski definition) is 0. The Morgan fingerprint density at radius 3 is 2.57 bits per heavy atom. The van der Waals surface area contributed by atoms with E-state index in [4.69, 9.17) is 0 Å². The zero-order chi connectivity index (χ0) is 19.7. The van der Waals surface area contributed by atoms with Gasteiger partial charge in [0.2, 0.25) is 0 Å². The Morgan fingerprint density at radius 2 is 1.89 bits per heavy atom. The van der Waals surface area contributed by atoms with Crippen LogP contribution < -0.4 is 5.56 Å². The number of carbonyl (C=O) groups is 1. The van der Waals surface area contributed by atoms with Crippen LogP contribution in [-0.4, -0.2) is 58.0 Å². The van der Waals surface area contributed by atoms with Gasteiger partial charge in [0.25, 0.3) is 11.5 Å². The summed E-state index contributed by atoms with van der Waals surface area (Å²) in [6, 6.07) is 0.256. The minimum Gasteiger partial charge on any atom is -0.336 e. The van der Waals surface area contributed by atoms with Gasteiger partial charge in [-0.15, -0.1) is 11.3 Å². The molecule has 1 saturated carbocycles. The molecule has 0 spiro atoms. The third-order valence-corrected chi connectivity index (χ3v) is 7.26. The number of thiophene rings is 1. The minimum atomic E-state index is 0.0248. The number of rotatable bonds is 4. The average molecular weight is 403 g/mol. The fourth-order valence-electron chi connectivity index (χ4n) is 4.61. The Bertz CT molecular complexity index is 905. The molecule has 0 N–H and O–H groups in total. The molecule has 0 radical (unpaired) electrons. The predicted molar refractivity (Wildman–Crippen MR) is 113 cm³/mol. The van der Waals surface area contributed by atoms with Gasteiger partial charge < -0.3 is 4.90 Å². The lowest BCUT2D eigenvalue weighted by molar-refractivity contribution is 0.0639. The summed E-state index contributed by atoms with van der Waals surface area (Å²) in [5, 5.41) is 0. The highest BCUT2D eigenvalue weighted by Crippen LogP contribution is 2.31. The molecular weight excluding hydrogens is 372 g/mol. The molecule has 2 aromatic rings. The first kappa shape index (κ1) is 19.6. The number of hydrogen-bond acceptors (Lipinski definition) is 5. The predicted octanol–water partition coefficient (Wildman–Crippen LogP) is 3.44. The van der Waals surface area contributed by atoms with Crippen LogP contribution in [0, 0.1) is 6.92 Å². The fourth-order valence-corrected chi connectivity index (χ4v) is 5.65. The van der Waals surface area contributed by atoms with E-state index in [1.54, 1.807) is 6.33 Å². The van der Waals surface area contributed by atoms with Crippen molar-refractivity contribution in [2.24, 2.45) is 0 Å². The van der Waals surface area contributed by atoms with Gasteiger partial charge in [-0.3, -0.25) is 19.1 Å². The van der Waals surface area contributed by atoms with Crippen molar-refractivity contribution in [3.05, 3.63) is 27.1 Å². The highest BCUT2D eigenvalue weighted by Gasteiger charge is 2.28. The SMILES string of the molecule is CCCN1CCN(C(=O)c2c(C)sc3c(=O)n(C4CCCCC4)cnc23)CC1. The van der Waals surface area contributed by atoms with Crippen LogP contribution in [0.25, 0.3) is 10.2 Å². The van der Waals surface area contributed by atoms with E-state index >= 15 is 0 Å². The summed E-state index contributed by atoms with van der Waals surface area (Å²) in [4.78, 5) is 36.2. The monoisotopic (exact) mass is 402 g/mol. The first-order valence-electron chi connectivity index (χ1n) is 10.6. The molecule has 0 aromatic carbocycles. The van der Waals surface area contributed by atoms with Crippen LogP contribution in [0.4, 0.5) is 0 Å². The smallest absolute Gasteiger partial charge is 0.271 e. The molecule has 2 aliphatic rings. The molecule has 3 heterocycles. The van der Waals surface area contributed by atoms with Gasteiger partial charge in [0.05, 0.1) is 11.9 Å². The van der Waals surface area contributed by atoms with Crippen molar-refractivity contribution in [3.8, 4) is 0 Å². The zero-order valence-electron chi connectivity index (χ0n) is 16.9. The molecule has 1 amide bonds. The summed E-state index contributed by atoms with van der Waals surface area (Å²) in [5.41, 5.74) is 1.26. The summed E-state index contributed by atoms with van der Waals surface area (Å²) >= 11 is 1.43. The summed E-state index contributed by atoms with van der Waals surface area (Å²) < 4.78 is 2.45. The van der Waals surface area contributed by atoms with Gasteiger partial charge >= 0.3 is 0 Å². The molecule has 6 nitrogen and oxygen atoms in total. The second-order valence-electron chi connectivity index (χ2n) is 8.09. The van der Waals surface area contributed by atoms with Crippen LogP contribution in [-0.2, 0) is 0 Å². The molecule has 1 aliphatic heterocycles. The zero-order valence-corrected chi connectivity index (χ0v) is 17.8. The Morgan fingerprint density at radius 1 is 1.18 bits per heavy atom. The standard InChI is InChI=1S/C21H30N4O2S/c1-3-9-23-10-12-24(13-11-23)20(26)17-15(2)28-19-18(17)22-14-25(21(19)27)16-7-5-4-6-8-16/h14,16H,3-13H2,1-2H3. The maximum Gasteiger partial charge on any atom is 0.271 e. The van der Waals surface area contributed by atoms with E-state index in [1.807, 2.05) is 16.4 Å². The van der Waals surface area contributed by atoms with E-state index in [2.05, 4.69) is 16.8 Å². The lowest BCUT2D eigenvalue weighted by Gasteiger charge is -2.34. The second-order valence-corrected chi connectivity index (χ2v) is 9.32. The number of carbonyl (C=O) groups excluding carboxylic acids is 1. The quantitative estimate of drug-likeness (QED) is 0.786. The lowest BCUT2D eigenvalue weighted by atomic mass is 9.95. The number of amides is 1. The first-order valence-corrected chi connectivity index (χ1v) is 11.4. The van der Waals surface area contributed by atoms with E-state index in [9.17, 15) is 9.59 Å². The first-order chi connectivity index (χ1) is 13.6. The third kappa shape index (κ3) is 3.62. The Kier molecular flexibility index (Phi) is 5.83. The van der Waals surface area contributed by atoms with Crippen molar-refractivity contribution in [2.75, 3.05) is 32.7 Å². The maximum absolute atomic E-state index is 13.2. The molecule has 152 valence electrons. The van der Waals surface area contributed by atoms with E-state index in [1.165, 1.54) is 30.6 Å². The van der Waals surface area contributed by atoms with Crippen molar-refractivity contribution in [3.63, 3.8) is 0 Å². The van der Waals surface area contributed by atoms with Crippen LogP contribution in [0.2, 0.25) is 0 Å². The van der Waals surface area contributed by atoms with Gasteiger partial charge in [-0.05, 0) is 32.7 Å². The molecular formula is C21H30N4O2S. The second kappa shape index (κ2) is 8.33. The molecule has 1 saturated heterocycles. The van der Waals surface area contributed by atoms with Crippen LogP contribution >= 0.6 is 11.3 Å². The molecule has 7 heteroatoms. The van der Waals surface area contributed by atoms with Gasteiger partial charge in [-0.2, -0.15) is 0 Å². The largest absolute Gasteiger partial charge is 0.336 e. The Labute approximate surface area is 170 Å². The van der Waals surface area contributed by atoms with E-state index < -0.39 is 0 Å². The lowest BCUT2D eigenvalue weighted by Crippen LogP contribution is -2.48. The Hall–Kier alpha value is -1.73. The van der Waals surface area contributed by atoms with Crippen molar-refractivity contribution >= 4 is 27.5 Å². The highest BCUT2D eigenvalue weighted by atomic mass is 32.1. The molecule has 0 unspecified atom stereocenters. The van der Waals surface area contributed by atoms with Crippen LogP contribution in [0.1, 0.15) is 66.7 Å². The van der Waals surface area contributed by atoms with E-state index in [0.717, 1.165) is 56.9 Å². The van der Waals surface area contributed by atoms with Crippen molar-refractivity contribution in [1.82, 2.24) is 19.4 Å². The molecule has 28 heavy (non-hydrogen) atoms. The number of aromatic nitrogens is 2. The summed E-state index contributed by atoms with van der Waals surface area (Å²) in [6.07, 6.45) is 8.51. The normalized spacial score (nSPS) is 19.4. The summed E-state index contributed by atoms with van der Waals surface area (Å²) in [6.45, 7) is 8.54. The van der Waals surface area contributed by atoms with E-state index in [0.29, 0.717) is 15.8 Å². The van der Waals surface area contributed by atoms with Crippen molar-refractivity contribution < 1.29 is 4.79 Å². The number of aryl methyl sites for hydroxylation is 1. The highest BCUT2D eigenvalue weighted by molar-refractivity contribution is 7.19. The fraction of sp³-hybridized carbons (Fsp3) is 0.667. The van der Waals surface area contributed by atoms with Crippen LogP contribution in [0.5, 0.6) is 0 Å². The van der Waals surface area contributed by atoms with E-state index in [-0.39, 0.29) is 17.5 Å². The maximum atomic E-state index is 13.2. The van der Waals surface area contributed by atoms with Gasteiger partial charge in [0.15, 0.2) is 0 Å².